The lowest BCUT2D eigenvalue weighted by atomic mass is 9.97. The number of hydrogen-bond donors (Lipinski definition) is 4. The van der Waals surface area contributed by atoms with Crippen molar-refractivity contribution in [3.05, 3.63) is 0 Å². The summed E-state index contributed by atoms with van der Waals surface area (Å²) >= 11 is 0. The highest BCUT2D eigenvalue weighted by Gasteiger charge is 2.45. The first-order valence-electron chi connectivity index (χ1n) is 10.00. The second-order valence-electron chi connectivity index (χ2n) is 7.30. The van der Waals surface area contributed by atoms with Gasteiger partial charge in [-0.3, -0.25) is 4.79 Å². The Morgan fingerprint density at radius 2 is 1.42 bits per heavy atom. The number of hydrogen-bond acceptors (Lipinski definition) is 6. The summed E-state index contributed by atoms with van der Waals surface area (Å²) in [6, 6.07) is 0. The number of likely N-dealkylation sites (N-methyl/N-ethyl adjacent to an activating group) is 1. The SMILES string of the molecule is CCCCCCCCCCCC(=O)N(C)C1O[C@H](CO)[C@@H](O)[C@H](O)[C@H]1O. The van der Waals surface area contributed by atoms with Gasteiger partial charge < -0.3 is 30.1 Å². The van der Waals surface area contributed by atoms with Gasteiger partial charge in [0, 0.05) is 13.5 Å². The second-order valence-corrected chi connectivity index (χ2v) is 7.30. The first-order chi connectivity index (χ1) is 12.4. The number of aliphatic hydroxyl groups excluding tert-OH is 4. The first kappa shape index (κ1) is 23.3. The Balaban J connectivity index is 2.27. The van der Waals surface area contributed by atoms with Gasteiger partial charge in [0.25, 0.3) is 0 Å². The largest absolute Gasteiger partial charge is 0.394 e. The number of amides is 1. The van der Waals surface area contributed by atoms with E-state index in [9.17, 15) is 25.2 Å². The van der Waals surface area contributed by atoms with E-state index in [4.69, 9.17) is 4.74 Å². The van der Waals surface area contributed by atoms with Crippen molar-refractivity contribution in [3.8, 4) is 0 Å². The van der Waals surface area contributed by atoms with E-state index in [0.29, 0.717) is 6.42 Å². The molecule has 0 aromatic carbocycles. The van der Waals surface area contributed by atoms with Crippen LogP contribution in [0.1, 0.15) is 71.1 Å². The van der Waals surface area contributed by atoms with Crippen LogP contribution < -0.4 is 0 Å². The molecule has 0 aliphatic carbocycles. The van der Waals surface area contributed by atoms with Crippen LogP contribution in [0.2, 0.25) is 0 Å². The van der Waals surface area contributed by atoms with E-state index < -0.39 is 37.3 Å². The fraction of sp³-hybridized carbons (Fsp3) is 0.947. The normalized spacial score (nSPS) is 28.9. The van der Waals surface area contributed by atoms with Gasteiger partial charge >= 0.3 is 0 Å². The molecule has 7 heteroatoms. The van der Waals surface area contributed by atoms with Crippen LogP contribution in [-0.2, 0) is 9.53 Å². The van der Waals surface area contributed by atoms with Crippen molar-refractivity contribution in [3.63, 3.8) is 0 Å². The molecule has 1 rings (SSSR count). The Bertz CT molecular complexity index is 392. The van der Waals surface area contributed by atoms with Gasteiger partial charge in [0.15, 0.2) is 6.23 Å². The zero-order valence-corrected chi connectivity index (χ0v) is 16.2. The number of rotatable bonds is 12. The van der Waals surface area contributed by atoms with Gasteiger partial charge in [-0.05, 0) is 6.42 Å². The molecule has 154 valence electrons. The molecule has 0 saturated carbocycles. The fourth-order valence-corrected chi connectivity index (χ4v) is 3.31. The number of carbonyl (C=O) groups is 1. The fourth-order valence-electron chi connectivity index (χ4n) is 3.31. The first-order valence-corrected chi connectivity index (χ1v) is 10.00. The molecule has 1 aliphatic heterocycles. The molecule has 1 unspecified atom stereocenters. The lowest BCUT2D eigenvalue weighted by Crippen LogP contribution is -2.63. The molecular weight excluding hydrogens is 338 g/mol. The third-order valence-electron chi connectivity index (χ3n) is 5.14. The molecule has 0 aromatic rings. The highest BCUT2D eigenvalue weighted by atomic mass is 16.6. The van der Waals surface area contributed by atoms with Gasteiger partial charge in [0.2, 0.25) is 5.91 Å². The van der Waals surface area contributed by atoms with Crippen molar-refractivity contribution in [2.75, 3.05) is 13.7 Å². The summed E-state index contributed by atoms with van der Waals surface area (Å²) in [5, 5.41) is 38.9. The number of carbonyl (C=O) groups excluding carboxylic acids is 1. The summed E-state index contributed by atoms with van der Waals surface area (Å²) in [6.07, 6.45) is 4.46. The standard InChI is InChI=1S/C19H37NO6/c1-3-4-5-6-7-8-9-10-11-12-15(22)20(2)19-18(25)17(24)16(23)14(13-21)26-19/h14,16-19,21,23-25H,3-13H2,1-2H3/t14-,16-,17+,18-,19?/m1/s1. The molecule has 1 amide bonds. The highest BCUT2D eigenvalue weighted by Crippen LogP contribution is 2.23. The molecule has 1 saturated heterocycles. The van der Waals surface area contributed by atoms with Crippen LogP contribution in [-0.4, -0.2) is 75.5 Å². The zero-order valence-electron chi connectivity index (χ0n) is 16.2. The minimum atomic E-state index is -1.46. The molecule has 1 heterocycles. The van der Waals surface area contributed by atoms with Gasteiger partial charge in [-0.25, -0.2) is 0 Å². The average Bonchev–Trinajstić information content (AvgIpc) is 2.64. The maximum Gasteiger partial charge on any atom is 0.224 e. The van der Waals surface area contributed by atoms with Crippen molar-refractivity contribution < 1.29 is 30.0 Å². The zero-order chi connectivity index (χ0) is 19.5. The summed E-state index contributed by atoms with van der Waals surface area (Å²) in [5.41, 5.74) is 0. The molecule has 0 aromatic heterocycles. The molecular formula is C19H37NO6. The maximum absolute atomic E-state index is 12.3. The molecule has 5 atom stereocenters. The number of nitrogens with zero attached hydrogens (tertiary/aromatic N) is 1. The summed E-state index contributed by atoms with van der Waals surface area (Å²) < 4.78 is 5.40. The molecule has 0 spiro atoms. The lowest BCUT2D eigenvalue weighted by Gasteiger charge is -2.43. The van der Waals surface area contributed by atoms with Crippen LogP contribution in [0.4, 0.5) is 0 Å². The average molecular weight is 376 g/mol. The van der Waals surface area contributed by atoms with Crippen LogP contribution in [0.3, 0.4) is 0 Å². The van der Waals surface area contributed by atoms with E-state index >= 15 is 0 Å². The Kier molecular flexibility index (Phi) is 11.3. The van der Waals surface area contributed by atoms with Gasteiger partial charge in [0.1, 0.15) is 24.4 Å². The number of aliphatic hydroxyl groups is 4. The summed E-state index contributed by atoms with van der Waals surface area (Å²) in [5.74, 6) is -0.183. The third kappa shape index (κ3) is 7.12. The summed E-state index contributed by atoms with van der Waals surface area (Å²) in [6.45, 7) is 1.71. The predicted octanol–water partition coefficient (Wildman–Crippen LogP) is 1.17. The minimum Gasteiger partial charge on any atom is -0.394 e. The topological polar surface area (TPSA) is 110 Å². The second kappa shape index (κ2) is 12.6. The van der Waals surface area contributed by atoms with Crippen LogP contribution in [0.5, 0.6) is 0 Å². The van der Waals surface area contributed by atoms with Gasteiger partial charge in [-0.1, -0.05) is 58.3 Å². The van der Waals surface area contributed by atoms with E-state index in [2.05, 4.69) is 6.92 Å². The number of unbranched alkanes of at least 4 members (excludes halogenated alkanes) is 8. The van der Waals surface area contributed by atoms with Gasteiger partial charge in [0.05, 0.1) is 6.61 Å². The van der Waals surface area contributed by atoms with E-state index in [0.717, 1.165) is 19.3 Å². The number of ether oxygens (including phenoxy) is 1. The maximum atomic E-state index is 12.3. The van der Waals surface area contributed by atoms with E-state index in [-0.39, 0.29) is 5.91 Å². The molecule has 7 nitrogen and oxygen atoms in total. The Hall–Kier alpha value is -0.730. The van der Waals surface area contributed by atoms with E-state index in [1.165, 1.54) is 50.5 Å². The lowest BCUT2D eigenvalue weighted by molar-refractivity contribution is -0.259. The smallest absolute Gasteiger partial charge is 0.224 e. The summed E-state index contributed by atoms with van der Waals surface area (Å²) in [7, 11) is 1.50. The third-order valence-corrected chi connectivity index (χ3v) is 5.14. The van der Waals surface area contributed by atoms with Crippen molar-refractivity contribution >= 4 is 5.91 Å². The van der Waals surface area contributed by atoms with Crippen molar-refractivity contribution in [2.45, 2.75) is 102 Å². The van der Waals surface area contributed by atoms with Gasteiger partial charge in [-0.15, -0.1) is 0 Å². The van der Waals surface area contributed by atoms with Crippen LogP contribution in [0, 0.1) is 0 Å². The van der Waals surface area contributed by atoms with Crippen LogP contribution in [0.15, 0.2) is 0 Å². The van der Waals surface area contributed by atoms with Crippen molar-refractivity contribution in [2.24, 2.45) is 0 Å². The Morgan fingerprint density at radius 3 is 1.96 bits per heavy atom. The predicted molar refractivity (Wildman–Crippen MR) is 98.4 cm³/mol. The molecule has 0 radical (unpaired) electrons. The quantitative estimate of drug-likeness (QED) is 0.381. The van der Waals surface area contributed by atoms with Gasteiger partial charge in [-0.2, -0.15) is 0 Å². The van der Waals surface area contributed by atoms with Crippen molar-refractivity contribution in [1.82, 2.24) is 4.90 Å². The monoisotopic (exact) mass is 375 g/mol. The summed E-state index contributed by atoms with van der Waals surface area (Å²) in [4.78, 5) is 13.6. The molecule has 1 aliphatic rings. The molecule has 26 heavy (non-hydrogen) atoms. The van der Waals surface area contributed by atoms with Crippen LogP contribution >= 0.6 is 0 Å². The van der Waals surface area contributed by atoms with Crippen molar-refractivity contribution in [1.29, 1.82) is 0 Å². The Labute approximate surface area is 157 Å². The highest BCUT2D eigenvalue weighted by molar-refractivity contribution is 5.76. The Morgan fingerprint density at radius 1 is 0.885 bits per heavy atom. The van der Waals surface area contributed by atoms with Crippen LogP contribution in [0.25, 0.3) is 0 Å². The van der Waals surface area contributed by atoms with E-state index in [1.54, 1.807) is 0 Å². The van der Waals surface area contributed by atoms with E-state index in [1.807, 2.05) is 0 Å². The molecule has 0 bridgehead atoms. The minimum absolute atomic E-state index is 0.183. The molecule has 1 fully saturated rings. The molecule has 4 N–H and O–H groups in total.